The first-order valence-electron chi connectivity index (χ1n) is 5.86. The van der Waals surface area contributed by atoms with E-state index >= 15 is 0 Å². The van der Waals surface area contributed by atoms with E-state index < -0.39 is 0 Å². The van der Waals surface area contributed by atoms with Crippen LogP contribution < -0.4 is 5.32 Å². The smallest absolute Gasteiger partial charge is 0.132 e. The minimum Gasteiger partial charge on any atom is -0.343 e. The van der Waals surface area contributed by atoms with Crippen LogP contribution in [0.4, 0.5) is 10.7 Å². The second kappa shape index (κ2) is 5.19. The Hall–Kier alpha value is -1.97. The number of pyridine rings is 1. The molecular weight excluding hydrogens is 336 g/mol. The van der Waals surface area contributed by atoms with Crippen molar-refractivity contribution in [2.75, 3.05) is 5.32 Å². The fourth-order valence-electron chi connectivity index (χ4n) is 1.94. The third kappa shape index (κ3) is 2.26. The molecule has 0 aliphatic rings. The fraction of sp³-hybridized carbons (Fsp3) is 0.0714. The van der Waals surface area contributed by atoms with Crippen molar-refractivity contribution in [2.24, 2.45) is 0 Å². The Bertz CT molecular complexity index is 835. The second-order valence-electron chi connectivity index (χ2n) is 4.24. The number of nitrogens with zero attached hydrogens (tertiary/aromatic N) is 3. The molecule has 0 saturated heterocycles. The summed E-state index contributed by atoms with van der Waals surface area (Å²) in [6, 6.07) is 10.1. The molecule has 0 spiro atoms. The molecule has 0 radical (unpaired) electrons. The predicted octanol–water partition coefficient (Wildman–Crippen LogP) is 4.38. The van der Waals surface area contributed by atoms with Crippen LogP contribution in [0.2, 0.25) is 0 Å². The summed E-state index contributed by atoms with van der Waals surface area (Å²) in [6.07, 6.45) is 1.76. The van der Waals surface area contributed by atoms with Gasteiger partial charge in [-0.25, -0.2) is 0 Å². The highest BCUT2D eigenvalue weighted by Crippen LogP contribution is 2.31. The number of fused-ring (bicyclic) bond motifs is 1. The van der Waals surface area contributed by atoms with Crippen LogP contribution in [0.3, 0.4) is 0 Å². The molecular formula is C14H9BrN4S. The quantitative estimate of drug-likeness (QED) is 0.749. The highest BCUT2D eigenvalue weighted by Gasteiger charge is 2.11. The topological polar surface area (TPSA) is 61.6 Å². The average Bonchev–Trinajstić information content (AvgIpc) is 2.79. The van der Waals surface area contributed by atoms with Crippen LogP contribution in [0.1, 0.15) is 11.3 Å². The van der Waals surface area contributed by atoms with Crippen LogP contribution in [-0.2, 0) is 0 Å². The number of aromatic nitrogens is 2. The number of benzene rings is 1. The Kier molecular flexibility index (Phi) is 3.38. The van der Waals surface area contributed by atoms with E-state index in [1.54, 1.807) is 6.20 Å². The third-order valence-corrected chi connectivity index (χ3v) is 4.19. The van der Waals surface area contributed by atoms with Gasteiger partial charge in [-0.15, -0.1) is 0 Å². The zero-order valence-electron chi connectivity index (χ0n) is 10.5. The SMILES string of the molecule is Cc1nsc(Nc2cccc3cc(Br)cnc23)c1C#N. The first kappa shape index (κ1) is 13.0. The number of aryl methyl sites for hydroxylation is 1. The molecule has 2 aromatic heterocycles. The maximum absolute atomic E-state index is 9.17. The molecule has 6 heteroatoms. The Morgan fingerprint density at radius 2 is 2.25 bits per heavy atom. The van der Waals surface area contributed by atoms with Gasteiger partial charge in [-0.1, -0.05) is 12.1 Å². The molecule has 98 valence electrons. The number of para-hydroxylation sites is 1. The number of anilines is 2. The van der Waals surface area contributed by atoms with E-state index in [4.69, 9.17) is 0 Å². The van der Waals surface area contributed by atoms with Gasteiger partial charge in [-0.3, -0.25) is 4.98 Å². The van der Waals surface area contributed by atoms with E-state index in [9.17, 15) is 5.26 Å². The number of rotatable bonds is 2. The molecule has 0 saturated carbocycles. The molecule has 20 heavy (non-hydrogen) atoms. The summed E-state index contributed by atoms with van der Waals surface area (Å²) >= 11 is 4.70. The first-order valence-corrected chi connectivity index (χ1v) is 7.43. The molecule has 3 rings (SSSR count). The molecule has 0 atom stereocenters. The van der Waals surface area contributed by atoms with Crippen molar-refractivity contribution in [3.05, 3.63) is 46.2 Å². The van der Waals surface area contributed by atoms with Gasteiger partial charge in [-0.05, 0) is 46.5 Å². The molecule has 0 aliphatic heterocycles. The molecule has 0 aliphatic carbocycles. The van der Waals surface area contributed by atoms with E-state index in [-0.39, 0.29) is 0 Å². The van der Waals surface area contributed by atoms with Crippen LogP contribution in [0.5, 0.6) is 0 Å². The van der Waals surface area contributed by atoms with Gasteiger partial charge in [0, 0.05) is 16.1 Å². The molecule has 3 aromatic rings. The molecule has 0 unspecified atom stereocenters. The lowest BCUT2D eigenvalue weighted by Gasteiger charge is -2.07. The molecule has 4 nitrogen and oxygen atoms in total. The molecule has 0 fully saturated rings. The summed E-state index contributed by atoms with van der Waals surface area (Å²) in [5, 5.41) is 14.2. The second-order valence-corrected chi connectivity index (χ2v) is 5.93. The van der Waals surface area contributed by atoms with Gasteiger partial charge in [-0.2, -0.15) is 9.64 Å². The normalized spacial score (nSPS) is 10.4. The average molecular weight is 345 g/mol. The van der Waals surface area contributed by atoms with Crippen molar-refractivity contribution in [1.82, 2.24) is 9.36 Å². The van der Waals surface area contributed by atoms with Crippen molar-refractivity contribution in [3.63, 3.8) is 0 Å². The zero-order valence-corrected chi connectivity index (χ0v) is 12.9. The summed E-state index contributed by atoms with van der Waals surface area (Å²) in [6.45, 7) is 1.83. The standard InChI is InChI=1S/C14H9BrN4S/c1-8-11(6-16)14(20-19-8)18-12-4-2-3-9-5-10(15)7-17-13(9)12/h2-5,7,18H,1H3. The summed E-state index contributed by atoms with van der Waals surface area (Å²) in [4.78, 5) is 4.43. The van der Waals surface area contributed by atoms with Crippen LogP contribution in [0.15, 0.2) is 34.9 Å². The number of hydrogen-bond acceptors (Lipinski definition) is 5. The zero-order chi connectivity index (χ0) is 14.1. The molecule has 1 N–H and O–H groups in total. The van der Waals surface area contributed by atoms with E-state index in [1.165, 1.54) is 11.5 Å². The van der Waals surface area contributed by atoms with Gasteiger partial charge in [0.2, 0.25) is 0 Å². The largest absolute Gasteiger partial charge is 0.343 e. The minimum atomic E-state index is 0.587. The molecule has 2 heterocycles. The Morgan fingerprint density at radius 1 is 1.40 bits per heavy atom. The van der Waals surface area contributed by atoms with Gasteiger partial charge >= 0.3 is 0 Å². The van der Waals surface area contributed by atoms with Crippen molar-refractivity contribution in [2.45, 2.75) is 6.92 Å². The van der Waals surface area contributed by atoms with Crippen LogP contribution in [0, 0.1) is 18.3 Å². The number of nitriles is 1. The molecule has 1 aromatic carbocycles. The van der Waals surface area contributed by atoms with Crippen LogP contribution in [-0.4, -0.2) is 9.36 Å². The Labute approximate surface area is 128 Å². The Morgan fingerprint density at radius 3 is 3.05 bits per heavy atom. The lowest BCUT2D eigenvalue weighted by atomic mass is 10.2. The molecule has 0 bridgehead atoms. The highest BCUT2D eigenvalue weighted by molar-refractivity contribution is 9.10. The summed E-state index contributed by atoms with van der Waals surface area (Å²) in [5.74, 6) is 0. The van der Waals surface area contributed by atoms with Gasteiger partial charge in [0.15, 0.2) is 0 Å². The fourth-order valence-corrected chi connectivity index (χ4v) is 3.05. The lowest BCUT2D eigenvalue weighted by molar-refractivity contribution is 1.31. The number of hydrogen-bond donors (Lipinski definition) is 1. The maximum atomic E-state index is 9.17. The monoisotopic (exact) mass is 344 g/mol. The number of halogens is 1. The van der Waals surface area contributed by atoms with Crippen molar-refractivity contribution in [3.8, 4) is 6.07 Å². The first-order chi connectivity index (χ1) is 9.69. The van der Waals surface area contributed by atoms with Crippen molar-refractivity contribution in [1.29, 1.82) is 5.26 Å². The van der Waals surface area contributed by atoms with E-state index in [0.29, 0.717) is 5.56 Å². The lowest BCUT2D eigenvalue weighted by Crippen LogP contribution is -1.93. The van der Waals surface area contributed by atoms with Gasteiger partial charge in [0.1, 0.15) is 16.6 Å². The summed E-state index contributed by atoms with van der Waals surface area (Å²) < 4.78 is 5.14. The van der Waals surface area contributed by atoms with E-state index in [1.807, 2.05) is 31.2 Å². The predicted molar refractivity (Wildman–Crippen MR) is 84.3 cm³/mol. The van der Waals surface area contributed by atoms with Crippen LogP contribution >= 0.6 is 27.5 Å². The van der Waals surface area contributed by atoms with Crippen molar-refractivity contribution >= 4 is 49.1 Å². The van der Waals surface area contributed by atoms with E-state index in [0.717, 1.165) is 31.8 Å². The van der Waals surface area contributed by atoms with Crippen LogP contribution in [0.25, 0.3) is 10.9 Å². The molecule has 0 amide bonds. The highest BCUT2D eigenvalue weighted by atomic mass is 79.9. The summed E-state index contributed by atoms with van der Waals surface area (Å²) in [7, 11) is 0. The third-order valence-electron chi connectivity index (χ3n) is 2.90. The minimum absolute atomic E-state index is 0.587. The maximum Gasteiger partial charge on any atom is 0.132 e. The summed E-state index contributed by atoms with van der Waals surface area (Å²) in [5.41, 5.74) is 3.07. The van der Waals surface area contributed by atoms with Gasteiger partial charge < -0.3 is 5.32 Å². The van der Waals surface area contributed by atoms with Gasteiger partial charge in [0.05, 0.1) is 16.9 Å². The van der Waals surface area contributed by atoms with Gasteiger partial charge in [0.25, 0.3) is 0 Å². The van der Waals surface area contributed by atoms with Crippen molar-refractivity contribution < 1.29 is 0 Å². The Balaban J connectivity index is 2.09. The van der Waals surface area contributed by atoms with E-state index in [2.05, 4.69) is 36.7 Å². The number of nitrogens with one attached hydrogen (secondary N) is 1.